The van der Waals surface area contributed by atoms with Crippen molar-refractivity contribution >= 4 is 5.69 Å². The molecule has 5 nitrogen and oxygen atoms in total. The van der Waals surface area contributed by atoms with E-state index in [-0.39, 0.29) is 5.69 Å². The van der Waals surface area contributed by atoms with Crippen LogP contribution in [0.5, 0.6) is 0 Å². The summed E-state index contributed by atoms with van der Waals surface area (Å²) in [6.07, 6.45) is -0.548. The molecule has 1 aliphatic heterocycles. The van der Waals surface area contributed by atoms with Gasteiger partial charge in [-0.15, -0.1) is 0 Å². The monoisotopic (exact) mass is 208 g/mol. The Morgan fingerprint density at radius 2 is 2.00 bits per heavy atom. The predicted molar refractivity (Wildman–Crippen MR) is 54.5 cm³/mol. The second-order valence-electron chi connectivity index (χ2n) is 3.67. The van der Waals surface area contributed by atoms with Gasteiger partial charge in [-0.1, -0.05) is 0 Å². The minimum absolute atomic E-state index is 0.0534. The van der Waals surface area contributed by atoms with Crippen LogP contribution in [-0.4, -0.2) is 34.6 Å². The molecule has 5 heteroatoms. The molecule has 0 aliphatic carbocycles. The van der Waals surface area contributed by atoms with Gasteiger partial charge in [0.15, 0.2) is 0 Å². The summed E-state index contributed by atoms with van der Waals surface area (Å²) in [7, 11) is 0. The molecule has 1 saturated heterocycles. The molecular weight excluding hydrogens is 196 g/mol. The van der Waals surface area contributed by atoms with Gasteiger partial charge in [0.2, 0.25) is 0 Å². The Labute approximate surface area is 87.1 Å². The normalized spacial score (nSPS) is 17.4. The van der Waals surface area contributed by atoms with E-state index in [2.05, 4.69) is 4.90 Å². The molecule has 2 rings (SSSR count). The van der Waals surface area contributed by atoms with E-state index in [1.807, 2.05) is 0 Å². The first-order valence-electron chi connectivity index (χ1n) is 4.81. The molecule has 0 amide bonds. The van der Waals surface area contributed by atoms with E-state index < -0.39 is 11.0 Å². The van der Waals surface area contributed by atoms with Gasteiger partial charge in [-0.3, -0.25) is 15.0 Å². The van der Waals surface area contributed by atoms with E-state index in [0.717, 1.165) is 18.7 Å². The fraction of sp³-hybridized carbons (Fsp3) is 0.400. The highest BCUT2D eigenvalue weighted by Gasteiger charge is 2.21. The fourth-order valence-corrected chi connectivity index (χ4v) is 1.42. The molecule has 15 heavy (non-hydrogen) atoms. The zero-order valence-electron chi connectivity index (χ0n) is 8.17. The molecule has 0 bridgehead atoms. The van der Waals surface area contributed by atoms with Crippen molar-refractivity contribution < 1.29 is 10.0 Å². The summed E-state index contributed by atoms with van der Waals surface area (Å²) in [6.45, 7) is 2.67. The lowest BCUT2D eigenvalue weighted by atomic mass is 10.1. The Hall–Kier alpha value is -1.46. The highest BCUT2D eigenvalue weighted by Crippen LogP contribution is 2.20. The quantitative estimate of drug-likeness (QED) is 0.454. The third kappa shape index (κ3) is 2.51. The van der Waals surface area contributed by atoms with Crippen molar-refractivity contribution in [3.63, 3.8) is 0 Å². The van der Waals surface area contributed by atoms with E-state index in [1.54, 1.807) is 12.1 Å². The zero-order valence-corrected chi connectivity index (χ0v) is 8.17. The van der Waals surface area contributed by atoms with Crippen molar-refractivity contribution in [1.82, 2.24) is 4.90 Å². The molecule has 1 fully saturated rings. The van der Waals surface area contributed by atoms with Crippen LogP contribution in [0.25, 0.3) is 0 Å². The Balaban J connectivity index is 2.04. The maximum atomic E-state index is 10.4. The van der Waals surface area contributed by atoms with Gasteiger partial charge in [-0.25, -0.2) is 0 Å². The number of hydrogen-bond donors (Lipinski definition) is 1. The summed E-state index contributed by atoms with van der Waals surface area (Å²) >= 11 is 0. The lowest BCUT2D eigenvalue weighted by molar-refractivity contribution is -0.384. The highest BCUT2D eigenvalue weighted by molar-refractivity contribution is 5.33. The first-order valence-corrected chi connectivity index (χ1v) is 4.81. The maximum Gasteiger partial charge on any atom is 0.269 e. The van der Waals surface area contributed by atoms with Crippen molar-refractivity contribution in [2.24, 2.45) is 0 Å². The van der Waals surface area contributed by atoms with Crippen LogP contribution in [0, 0.1) is 10.1 Å². The summed E-state index contributed by atoms with van der Waals surface area (Å²) in [6, 6.07) is 6.04. The Morgan fingerprint density at radius 3 is 2.47 bits per heavy atom. The topological polar surface area (TPSA) is 66.4 Å². The van der Waals surface area contributed by atoms with Crippen LogP contribution < -0.4 is 0 Å². The van der Waals surface area contributed by atoms with Crippen LogP contribution in [0.15, 0.2) is 24.3 Å². The number of aliphatic hydroxyl groups excluding tert-OH is 1. The predicted octanol–water partition coefficient (Wildman–Crippen LogP) is 0.944. The van der Waals surface area contributed by atoms with E-state index >= 15 is 0 Å². The number of benzene rings is 1. The van der Waals surface area contributed by atoms with Gasteiger partial charge in [-0.05, 0) is 17.7 Å². The van der Waals surface area contributed by atoms with Crippen LogP contribution in [-0.2, 0) is 0 Å². The largest absolute Gasteiger partial charge is 0.387 e. The van der Waals surface area contributed by atoms with Gasteiger partial charge < -0.3 is 5.11 Å². The molecular formula is C10H12N2O3. The number of nitro benzene ring substituents is 1. The van der Waals surface area contributed by atoms with E-state index in [0.29, 0.717) is 6.54 Å². The lowest BCUT2D eigenvalue weighted by Gasteiger charge is -2.10. The second-order valence-corrected chi connectivity index (χ2v) is 3.67. The van der Waals surface area contributed by atoms with E-state index in [4.69, 9.17) is 0 Å². The zero-order chi connectivity index (χ0) is 10.8. The number of nitro groups is 1. The van der Waals surface area contributed by atoms with E-state index in [9.17, 15) is 15.2 Å². The number of β-amino-alcohol motifs (C(OH)–C–C–N with tert-alkyl or cyclic N) is 1. The van der Waals surface area contributed by atoms with Crippen LogP contribution in [0.4, 0.5) is 5.69 Å². The average Bonchev–Trinajstić information content (AvgIpc) is 3.02. The summed E-state index contributed by atoms with van der Waals surface area (Å²) in [5.41, 5.74) is 0.783. The lowest BCUT2D eigenvalue weighted by Crippen LogP contribution is -2.10. The number of aliphatic hydroxyl groups is 1. The van der Waals surface area contributed by atoms with Gasteiger partial charge in [0.05, 0.1) is 11.0 Å². The third-order valence-corrected chi connectivity index (χ3v) is 2.46. The third-order valence-electron chi connectivity index (χ3n) is 2.46. The van der Waals surface area contributed by atoms with Crippen molar-refractivity contribution in [3.05, 3.63) is 39.9 Å². The minimum Gasteiger partial charge on any atom is -0.387 e. The Bertz CT molecular complexity index is 359. The summed E-state index contributed by atoms with van der Waals surface area (Å²) < 4.78 is 0. The molecule has 1 N–H and O–H groups in total. The highest BCUT2D eigenvalue weighted by atomic mass is 16.6. The maximum absolute atomic E-state index is 10.4. The number of hydrogen-bond acceptors (Lipinski definition) is 4. The van der Waals surface area contributed by atoms with Gasteiger partial charge in [0.1, 0.15) is 0 Å². The van der Waals surface area contributed by atoms with Crippen molar-refractivity contribution in [2.45, 2.75) is 6.10 Å². The molecule has 1 aromatic rings. The molecule has 80 valence electrons. The summed E-state index contributed by atoms with van der Waals surface area (Å²) in [5.74, 6) is 0. The molecule has 1 aromatic carbocycles. The minimum atomic E-state index is -0.548. The first kappa shape index (κ1) is 10.1. The Morgan fingerprint density at radius 1 is 1.40 bits per heavy atom. The van der Waals surface area contributed by atoms with Crippen LogP contribution >= 0.6 is 0 Å². The standard InChI is InChI=1S/C10H12N2O3/c13-10(7-11-5-6-11)8-1-3-9(4-2-8)12(14)15/h1-4,10,13H,5-7H2/t10-/m0/s1. The number of rotatable bonds is 4. The molecule has 1 atom stereocenters. The van der Waals surface area contributed by atoms with Gasteiger partial charge in [0.25, 0.3) is 5.69 Å². The van der Waals surface area contributed by atoms with Crippen molar-refractivity contribution in [1.29, 1.82) is 0 Å². The number of non-ortho nitro benzene ring substituents is 1. The molecule has 0 spiro atoms. The number of nitrogens with zero attached hydrogens (tertiary/aromatic N) is 2. The fourth-order valence-electron chi connectivity index (χ4n) is 1.42. The summed E-state index contributed by atoms with van der Waals surface area (Å²) in [4.78, 5) is 12.1. The molecule has 0 saturated carbocycles. The average molecular weight is 208 g/mol. The van der Waals surface area contributed by atoms with Crippen LogP contribution in [0.2, 0.25) is 0 Å². The molecule has 0 unspecified atom stereocenters. The molecule has 0 radical (unpaired) electrons. The molecule has 1 aliphatic rings. The Kier molecular flexibility index (Phi) is 2.66. The SMILES string of the molecule is O=[N+]([O-])c1ccc([C@@H](O)CN2CC2)cc1. The van der Waals surface area contributed by atoms with Gasteiger partial charge in [0, 0.05) is 31.8 Å². The second kappa shape index (κ2) is 3.96. The van der Waals surface area contributed by atoms with Gasteiger partial charge in [-0.2, -0.15) is 0 Å². The van der Waals surface area contributed by atoms with Crippen molar-refractivity contribution in [3.8, 4) is 0 Å². The molecule has 1 heterocycles. The first-order chi connectivity index (χ1) is 7.16. The van der Waals surface area contributed by atoms with Gasteiger partial charge >= 0.3 is 0 Å². The molecule has 0 aromatic heterocycles. The van der Waals surface area contributed by atoms with Crippen molar-refractivity contribution in [2.75, 3.05) is 19.6 Å². The van der Waals surface area contributed by atoms with Crippen LogP contribution in [0.3, 0.4) is 0 Å². The van der Waals surface area contributed by atoms with Crippen LogP contribution in [0.1, 0.15) is 11.7 Å². The smallest absolute Gasteiger partial charge is 0.269 e. The van der Waals surface area contributed by atoms with E-state index in [1.165, 1.54) is 12.1 Å². The summed E-state index contributed by atoms with van der Waals surface area (Å²) in [5, 5.41) is 20.2.